The van der Waals surface area contributed by atoms with E-state index in [9.17, 15) is 9.90 Å². The van der Waals surface area contributed by atoms with Gasteiger partial charge in [-0.1, -0.05) is 26.2 Å². The Morgan fingerprint density at radius 2 is 2.00 bits per heavy atom. The SMILES string of the molecule is CCc1n[nH]c(CN2CC[C@@H](O)[C@]3(CCCN(C(=O)C4CCCCC4)C3)C2)n1. The van der Waals surface area contributed by atoms with E-state index in [0.717, 1.165) is 76.4 Å². The van der Waals surface area contributed by atoms with E-state index >= 15 is 0 Å². The second-order valence-electron chi connectivity index (χ2n) is 9.13. The normalized spacial score (nSPS) is 30.1. The van der Waals surface area contributed by atoms with Crippen LogP contribution in [0.3, 0.4) is 0 Å². The number of amides is 1. The van der Waals surface area contributed by atoms with Crippen molar-refractivity contribution >= 4 is 5.91 Å². The molecular weight excluding hydrogens is 354 g/mol. The average molecular weight is 390 g/mol. The number of hydrogen-bond donors (Lipinski definition) is 2. The number of aromatic amines is 1. The van der Waals surface area contributed by atoms with Gasteiger partial charge in [-0.25, -0.2) is 4.98 Å². The van der Waals surface area contributed by atoms with E-state index in [1.807, 2.05) is 0 Å². The van der Waals surface area contributed by atoms with Gasteiger partial charge in [0.05, 0.1) is 12.6 Å². The van der Waals surface area contributed by atoms with Crippen LogP contribution in [0.15, 0.2) is 0 Å². The van der Waals surface area contributed by atoms with E-state index in [0.29, 0.717) is 12.5 Å². The van der Waals surface area contributed by atoms with Crippen LogP contribution in [-0.4, -0.2) is 68.3 Å². The lowest BCUT2D eigenvalue weighted by Gasteiger charge is -2.51. The number of rotatable bonds is 4. The van der Waals surface area contributed by atoms with Gasteiger partial charge < -0.3 is 10.0 Å². The highest BCUT2D eigenvalue weighted by molar-refractivity contribution is 5.79. The first-order chi connectivity index (χ1) is 13.6. The third kappa shape index (κ3) is 4.10. The Bertz CT molecular complexity index is 672. The van der Waals surface area contributed by atoms with Crippen LogP contribution in [0, 0.1) is 11.3 Å². The van der Waals surface area contributed by atoms with Crippen LogP contribution >= 0.6 is 0 Å². The Kier molecular flexibility index (Phi) is 6.01. The maximum Gasteiger partial charge on any atom is 0.225 e. The van der Waals surface area contributed by atoms with Gasteiger partial charge >= 0.3 is 0 Å². The molecule has 0 unspecified atom stereocenters. The summed E-state index contributed by atoms with van der Waals surface area (Å²) >= 11 is 0. The molecule has 1 saturated carbocycles. The highest BCUT2D eigenvalue weighted by Crippen LogP contribution is 2.40. The van der Waals surface area contributed by atoms with Gasteiger partial charge in [0.25, 0.3) is 0 Å². The van der Waals surface area contributed by atoms with E-state index in [1.54, 1.807) is 0 Å². The Labute approximate surface area is 167 Å². The highest BCUT2D eigenvalue weighted by Gasteiger charge is 2.47. The smallest absolute Gasteiger partial charge is 0.225 e. The highest BCUT2D eigenvalue weighted by atomic mass is 16.3. The molecule has 2 N–H and O–H groups in total. The molecule has 7 nitrogen and oxygen atoms in total. The summed E-state index contributed by atoms with van der Waals surface area (Å²) < 4.78 is 0. The third-order valence-electron chi connectivity index (χ3n) is 7.11. The summed E-state index contributed by atoms with van der Waals surface area (Å²) in [7, 11) is 0. The molecule has 1 spiro atoms. The standard InChI is InChI=1S/C21H35N5O2/c1-2-18-22-19(24-23-18)13-25-12-9-17(27)21(14-25)10-6-11-26(15-21)20(28)16-7-4-3-5-8-16/h16-17,27H,2-15H2,1H3,(H,22,23,24)/t17-,21-/m1/s1. The average Bonchev–Trinajstić information content (AvgIpc) is 3.19. The predicted molar refractivity (Wildman–Crippen MR) is 106 cm³/mol. The number of piperidine rings is 2. The van der Waals surface area contributed by atoms with E-state index in [1.165, 1.54) is 19.3 Å². The van der Waals surface area contributed by atoms with Crippen molar-refractivity contribution in [2.24, 2.45) is 11.3 Å². The molecular formula is C21H35N5O2. The zero-order chi connectivity index (χ0) is 19.6. The molecule has 2 aliphatic heterocycles. The number of carbonyl (C=O) groups excluding carboxylic acids is 1. The molecule has 28 heavy (non-hydrogen) atoms. The second-order valence-corrected chi connectivity index (χ2v) is 9.13. The number of aromatic nitrogens is 3. The first-order valence-electron chi connectivity index (χ1n) is 11.2. The van der Waals surface area contributed by atoms with Crippen molar-refractivity contribution in [3.63, 3.8) is 0 Å². The van der Waals surface area contributed by atoms with Crippen LogP contribution in [0.4, 0.5) is 0 Å². The van der Waals surface area contributed by atoms with Gasteiger partial charge in [0, 0.05) is 43.9 Å². The number of H-pyrrole nitrogens is 1. The molecule has 3 fully saturated rings. The molecule has 1 aromatic rings. The first kappa shape index (κ1) is 19.8. The van der Waals surface area contributed by atoms with E-state index < -0.39 is 0 Å². The van der Waals surface area contributed by atoms with Crippen molar-refractivity contribution in [2.45, 2.75) is 77.4 Å². The summed E-state index contributed by atoms with van der Waals surface area (Å²) in [5, 5.41) is 18.2. The minimum absolute atomic E-state index is 0.200. The number of likely N-dealkylation sites (tertiary alicyclic amines) is 2. The Hall–Kier alpha value is -1.47. The predicted octanol–water partition coefficient (Wildman–Crippen LogP) is 2.12. The van der Waals surface area contributed by atoms with E-state index in [4.69, 9.17) is 0 Å². The molecule has 2 saturated heterocycles. The maximum atomic E-state index is 13.1. The van der Waals surface area contributed by atoms with Gasteiger partial charge in [-0.15, -0.1) is 0 Å². The number of aliphatic hydroxyl groups is 1. The molecule has 1 aromatic heterocycles. The first-order valence-corrected chi connectivity index (χ1v) is 11.2. The van der Waals surface area contributed by atoms with Gasteiger partial charge in [-0.2, -0.15) is 5.10 Å². The minimum Gasteiger partial charge on any atom is -0.392 e. The molecule has 2 atom stereocenters. The van der Waals surface area contributed by atoms with Gasteiger partial charge in [0.15, 0.2) is 0 Å². The summed E-state index contributed by atoms with van der Waals surface area (Å²) in [6, 6.07) is 0. The van der Waals surface area contributed by atoms with Crippen LogP contribution in [0.1, 0.15) is 69.9 Å². The lowest BCUT2D eigenvalue weighted by Crippen LogP contribution is -2.60. The molecule has 0 aromatic carbocycles. The molecule has 7 heteroatoms. The monoisotopic (exact) mass is 389 g/mol. The largest absolute Gasteiger partial charge is 0.392 e. The van der Waals surface area contributed by atoms with Gasteiger partial charge in [0.1, 0.15) is 11.6 Å². The summed E-state index contributed by atoms with van der Waals surface area (Å²) in [6.45, 7) is 6.03. The summed E-state index contributed by atoms with van der Waals surface area (Å²) in [5.41, 5.74) is -0.200. The number of nitrogens with zero attached hydrogens (tertiary/aromatic N) is 4. The van der Waals surface area contributed by atoms with E-state index in [-0.39, 0.29) is 17.4 Å². The zero-order valence-electron chi connectivity index (χ0n) is 17.2. The Morgan fingerprint density at radius 3 is 2.75 bits per heavy atom. The fourth-order valence-corrected chi connectivity index (χ4v) is 5.51. The molecule has 0 radical (unpaired) electrons. The quantitative estimate of drug-likeness (QED) is 0.824. The molecule has 0 bridgehead atoms. The topological polar surface area (TPSA) is 85.4 Å². The fourth-order valence-electron chi connectivity index (χ4n) is 5.51. The zero-order valence-corrected chi connectivity index (χ0v) is 17.2. The molecule has 1 aliphatic carbocycles. The van der Waals surface area contributed by atoms with Gasteiger partial charge in [0.2, 0.25) is 5.91 Å². The van der Waals surface area contributed by atoms with Crippen LogP contribution in [-0.2, 0) is 17.8 Å². The van der Waals surface area contributed by atoms with Gasteiger partial charge in [-0.05, 0) is 32.1 Å². The fraction of sp³-hybridized carbons (Fsp3) is 0.857. The minimum atomic E-state index is -0.327. The van der Waals surface area contributed by atoms with Crippen molar-refractivity contribution in [2.75, 3.05) is 26.2 Å². The lowest BCUT2D eigenvalue weighted by molar-refractivity contribution is -0.146. The van der Waals surface area contributed by atoms with Crippen molar-refractivity contribution in [3.8, 4) is 0 Å². The molecule has 1 amide bonds. The summed E-state index contributed by atoms with van der Waals surface area (Å²) in [4.78, 5) is 22.1. The molecule has 4 rings (SSSR count). The van der Waals surface area contributed by atoms with Crippen molar-refractivity contribution in [1.82, 2.24) is 25.0 Å². The van der Waals surface area contributed by atoms with Crippen LogP contribution in [0.25, 0.3) is 0 Å². The van der Waals surface area contributed by atoms with Crippen LogP contribution in [0.5, 0.6) is 0 Å². The van der Waals surface area contributed by atoms with Crippen LogP contribution < -0.4 is 0 Å². The lowest BCUT2D eigenvalue weighted by atomic mass is 9.71. The third-order valence-corrected chi connectivity index (χ3v) is 7.11. The summed E-state index contributed by atoms with van der Waals surface area (Å²) in [6.07, 6.45) is 8.98. The number of hydrogen-bond acceptors (Lipinski definition) is 5. The van der Waals surface area contributed by atoms with Gasteiger partial charge in [-0.3, -0.25) is 14.8 Å². The Balaban J connectivity index is 1.42. The van der Waals surface area contributed by atoms with Crippen molar-refractivity contribution < 1.29 is 9.90 Å². The Morgan fingerprint density at radius 1 is 1.18 bits per heavy atom. The second kappa shape index (κ2) is 8.49. The number of aryl methyl sites for hydroxylation is 1. The van der Waals surface area contributed by atoms with Crippen molar-refractivity contribution in [1.29, 1.82) is 0 Å². The maximum absolute atomic E-state index is 13.1. The number of carbonyl (C=O) groups is 1. The summed E-state index contributed by atoms with van der Waals surface area (Å²) in [5.74, 6) is 2.30. The molecule has 156 valence electrons. The number of aliphatic hydroxyl groups excluding tert-OH is 1. The molecule has 3 heterocycles. The molecule has 3 aliphatic rings. The number of nitrogens with one attached hydrogen (secondary N) is 1. The van der Waals surface area contributed by atoms with Crippen molar-refractivity contribution in [3.05, 3.63) is 11.6 Å². The van der Waals surface area contributed by atoms with E-state index in [2.05, 4.69) is 31.9 Å². The van der Waals surface area contributed by atoms with Crippen LogP contribution in [0.2, 0.25) is 0 Å².